The second kappa shape index (κ2) is 2.85. The number of amides is 1. The smallest absolute Gasteiger partial charge is 0.226 e. The van der Waals surface area contributed by atoms with Gasteiger partial charge in [0.1, 0.15) is 0 Å². The Kier molecular flexibility index (Phi) is 1.73. The molecule has 0 aromatic heterocycles. The Labute approximate surface area is 85.0 Å². The minimum atomic E-state index is 0.393. The fourth-order valence-electron chi connectivity index (χ4n) is 3.61. The summed E-state index contributed by atoms with van der Waals surface area (Å²) in [7, 11) is 0. The largest absolute Gasteiger partial charge is 0.342 e. The molecule has 1 aliphatic heterocycles. The van der Waals surface area contributed by atoms with Gasteiger partial charge in [0, 0.05) is 19.0 Å². The lowest BCUT2D eigenvalue weighted by molar-refractivity contribution is -0.136. The normalized spacial score (nSPS) is 44.6. The molecule has 1 heterocycles. The Bertz CT molecular complexity index is 297. The summed E-state index contributed by atoms with van der Waals surface area (Å²) in [4.78, 5) is 14.0. The Morgan fingerprint density at radius 2 is 2.36 bits per heavy atom. The van der Waals surface area contributed by atoms with Crippen molar-refractivity contribution < 1.29 is 4.79 Å². The average molecular weight is 191 g/mol. The summed E-state index contributed by atoms with van der Waals surface area (Å²) in [6, 6.07) is 0. The molecule has 76 valence electrons. The molecule has 3 aliphatic rings. The van der Waals surface area contributed by atoms with Gasteiger partial charge in [-0.3, -0.25) is 4.79 Å². The van der Waals surface area contributed by atoms with E-state index in [4.69, 9.17) is 0 Å². The van der Waals surface area contributed by atoms with Gasteiger partial charge in [0.05, 0.1) is 0 Å². The van der Waals surface area contributed by atoms with Gasteiger partial charge in [0.25, 0.3) is 0 Å². The predicted octanol–water partition coefficient (Wildman–Crippen LogP) is 1.68. The fraction of sp³-hybridized carbons (Fsp3) is 0.750. The maximum atomic E-state index is 12.0. The Morgan fingerprint density at radius 1 is 1.50 bits per heavy atom. The maximum Gasteiger partial charge on any atom is 0.226 e. The van der Waals surface area contributed by atoms with Crippen molar-refractivity contribution in [3.63, 3.8) is 0 Å². The predicted molar refractivity (Wildman–Crippen MR) is 54.6 cm³/mol. The molecule has 1 saturated carbocycles. The molecule has 0 N–H and O–H groups in total. The number of hydrogen-bond donors (Lipinski definition) is 0. The minimum Gasteiger partial charge on any atom is -0.342 e. The number of carbonyl (C=O) groups excluding carboxylic acids is 1. The van der Waals surface area contributed by atoms with Gasteiger partial charge in [-0.15, -0.1) is 0 Å². The van der Waals surface area contributed by atoms with Gasteiger partial charge in [-0.05, 0) is 37.5 Å². The van der Waals surface area contributed by atoms with Crippen molar-refractivity contribution in [2.45, 2.75) is 19.8 Å². The Morgan fingerprint density at radius 3 is 3.14 bits per heavy atom. The molecule has 14 heavy (non-hydrogen) atoms. The number of rotatable bonds is 1. The molecule has 2 heteroatoms. The SMILES string of the molecule is CCN1CC2C3C=CCCC3C2C1=O. The molecule has 2 fully saturated rings. The van der Waals surface area contributed by atoms with E-state index in [-0.39, 0.29) is 0 Å². The molecule has 1 amide bonds. The molecule has 2 aliphatic carbocycles. The lowest BCUT2D eigenvalue weighted by atomic mass is 9.55. The van der Waals surface area contributed by atoms with Crippen molar-refractivity contribution in [1.29, 1.82) is 0 Å². The van der Waals surface area contributed by atoms with Crippen molar-refractivity contribution in [1.82, 2.24) is 4.90 Å². The summed E-state index contributed by atoms with van der Waals surface area (Å²) in [5, 5.41) is 0. The van der Waals surface area contributed by atoms with Crippen molar-refractivity contribution in [3.8, 4) is 0 Å². The second-order valence-corrected chi connectivity index (χ2v) is 4.81. The topological polar surface area (TPSA) is 20.3 Å². The molecule has 4 atom stereocenters. The molecule has 3 rings (SSSR count). The Balaban J connectivity index is 1.84. The van der Waals surface area contributed by atoms with Crippen LogP contribution < -0.4 is 0 Å². The van der Waals surface area contributed by atoms with Crippen LogP contribution in [0.2, 0.25) is 0 Å². The van der Waals surface area contributed by atoms with Crippen LogP contribution >= 0.6 is 0 Å². The molecular weight excluding hydrogens is 174 g/mol. The molecule has 4 unspecified atom stereocenters. The summed E-state index contributed by atoms with van der Waals surface area (Å²) in [5.74, 6) is 2.91. The maximum absolute atomic E-state index is 12.0. The van der Waals surface area contributed by atoms with Crippen LogP contribution in [0.1, 0.15) is 19.8 Å². The summed E-state index contributed by atoms with van der Waals surface area (Å²) < 4.78 is 0. The van der Waals surface area contributed by atoms with Crippen LogP contribution in [0.25, 0.3) is 0 Å². The number of allylic oxidation sites excluding steroid dienone is 2. The standard InChI is InChI=1S/C12H17NO/c1-2-13-7-10-8-5-3-4-6-9(8)11(10)12(13)14/h3,5,8-11H,2,4,6-7H2,1H3. The van der Waals surface area contributed by atoms with Gasteiger partial charge in [0.2, 0.25) is 5.91 Å². The monoisotopic (exact) mass is 191 g/mol. The molecular formula is C12H17NO. The highest BCUT2D eigenvalue weighted by molar-refractivity contribution is 5.83. The first-order valence-electron chi connectivity index (χ1n) is 5.78. The fourth-order valence-corrected chi connectivity index (χ4v) is 3.61. The first-order chi connectivity index (χ1) is 6.83. The van der Waals surface area contributed by atoms with Crippen molar-refractivity contribution in [2.75, 3.05) is 13.1 Å². The number of carbonyl (C=O) groups is 1. The first-order valence-corrected chi connectivity index (χ1v) is 5.78. The summed E-state index contributed by atoms with van der Waals surface area (Å²) in [6.07, 6.45) is 7.09. The van der Waals surface area contributed by atoms with Crippen LogP contribution in [0.5, 0.6) is 0 Å². The number of likely N-dealkylation sites (tertiary alicyclic amines) is 1. The van der Waals surface area contributed by atoms with E-state index in [1.54, 1.807) is 0 Å². The van der Waals surface area contributed by atoms with E-state index >= 15 is 0 Å². The molecule has 0 radical (unpaired) electrons. The zero-order valence-electron chi connectivity index (χ0n) is 8.65. The van der Waals surface area contributed by atoms with E-state index in [9.17, 15) is 4.79 Å². The molecule has 1 saturated heterocycles. The summed E-state index contributed by atoms with van der Waals surface area (Å²) in [5.41, 5.74) is 0. The van der Waals surface area contributed by atoms with Gasteiger partial charge in [-0.25, -0.2) is 0 Å². The lowest BCUT2D eigenvalue weighted by Crippen LogP contribution is -2.47. The summed E-state index contributed by atoms with van der Waals surface area (Å²) >= 11 is 0. The number of hydrogen-bond acceptors (Lipinski definition) is 1. The number of nitrogens with zero attached hydrogens (tertiary/aromatic N) is 1. The van der Waals surface area contributed by atoms with Crippen LogP contribution in [0, 0.1) is 23.7 Å². The van der Waals surface area contributed by atoms with E-state index < -0.39 is 0 Å². The molecule has 0 spiro atoms. The molecule has 0 aromatic carbocycles. The van der Waals surface area contributed by atoms with Gasteiger partial charge in [0.15, 0.2) is 0 Å². The van der Waals surface area contributed by atoms with Gasteiger partial charge < -0.3 is 4.90 Å². The molecule has 2 nitrogen and oxygen atoms in total. The molecule has 0 aromatic rings. The zero-order chi connectivity index (χ0) is 9.71. The number of fused-ring (bicyclic) bond motifs is 4. The van der Waals surface area contributed by atoms with Crippen LogP contribution in [-0.2, 0) is 4.79 Å². The summed E-state index contributed by atoms with van der Waals surface area (Å²) in [6.45, 7) is 4.00. The quantitative estimate of drug-likeness (QED) is 0.577. The third-order valence-electron chi connectivity index (χ3n) is 4.35. The second-order valence-electron chi connectivity index (χ2n) is 4.81. The van der Waals surface area contributed by atoms with Crippen molar-refractivity contribution in [3.05, 3.63) is 12.2 Å². The van der Waals surface area contributed by atoms with Crippen LogP contribution in [-0.4, -0.2) is 23.9 Å². The lowest BCUT2D eigenvalue weighted by Gasteiger charge is -2.47. The van der Waals surface area contributed by atoms with E-state index in [1.165, 1.54) is 12.8 Å². The van der Waals surface area contributed by atoms with E-state index in [0.29, 0.717) is 23.7 Å². The highest BCUT2D eigenvalue weighted by Gasteiger charge is 2.57. The van der Waals surface area contributed by atoms with Crippen LogP contribution in [0.15, 0.2) is 12.2 Å². The molecule has 0 bridgehead atoms. The third-order valence-corrected chi connectivity index (χ3v) is 4.35. The van der Waals surface area contributed by atoms with E-state index in [0.717, 1.165) is 19.0 Å². The first kappa shape index (κ1) is 8.51. The Hall–Kier alpha value is -0.790. The highest BCUT2D eigenvalue weighted by atomic mass is 16.2. The van der Waals surface area contributed by atoms with Crippen LogP contribution in [0.4, 0.5) is 0 Å². The van der Waals surface area contributed by atoms with Crippen molar-refractivity contribution in [2.24, 2.45) is 23.7 Å². The van der Waals surface area contributed by atoms with Crippen molar-refractivity contribution >= 4 is 5.91 Å². The van der Waals surface area contributed by atoms with E-state index in [1.807, 2.05) is 4.90 Å². The highest BCUT2D eigenvalue weighted by Crippen LogP contribution is 2.55. The zero-order valence-corrected chi connectivity index (χ0v) is 8.65. The average Bonchev–Trinajstić information content (AvgIpc) is 2.47. The van der Waals surface area contributed by atoms with E-state index in [2.05, 4.69) is 19.1 Å². The van der Waals surface area contributed by atoms with Crippen LogP contribution in [0.3, 0.4) is 0 Å². The van der Waals surface area contributed by atoms with Gasteiger partial charge in [-0.1, -0.05) is 12.2 Å². The van der Waals surface area contributed by atoms with Gasteiger partial charge in [-0.2, -0.15) is 0 Å². The third kappa shape index (κ3) is 0.891. The minimum absolute atomic E-state index is 0.393. The van der Waals surface area contributed by atoms with Gasteiger partial charge >= 0.3 is 0 Å².